The summed E-state index contributed by atoms with van der Waals surface area (Å²) in [5.74, 6) is 0. The second-order valence-corrected chi connectivity index (χ2v) is 2.41. The highest BCUT2D eigenvalue weighted by atomic mass is 14.9. The Morgan fingerprint density at radius 1 is 1.38 bits per heavy atom. The van der Waals surface area contributed by atoms with Crippen LogP contribution in [0.5, 0.6) is 0 Å². The Balaban J connectivity index is 0. The molecule has 0 radical (unpaired) electrons. The molecule has 0 saturated heterocycles. The van der Waals surface area contributed by atoms with Gasteiger partial charge in [0.2, 0.25) is 0 Å². The summed E-state index contributed by atoms with van der Waals surface area (Å²) in [7, 11) is 1.95. The molecule has 0 aromatic carbocycles. The summed E-state index contributed by atoms with van der Waals surface area (Å²) in [5.41, 5.74) is 1.25. The molecule has 0 rings (SSSR count). The number of nitrogens with one attached hydrogen (secondary N) is 1. The number of hydrogen-bond donors (Lipinski definition) is 1. The van der Waals surface area contributed by atoms with Crippen LogP contribution in [-0.4, -0.2) is 13.1 Å². The smallest absolute Gasteiger partial charge is 0.0288 e. The Morgan fingerprint density at radius 3 is 2.23 bits per heavy atom. The maximum atomic E-state index is 3.66. The molecular formula is C12H23N. The van der Waals surface area contributed by atoms with E-state index >= 15 is 0 Å². The van der Waals surface area contributed by atoms with Crippen LogP contribution in [0.3, 0.4) is 0 Å². The van der Waals surface area contributed by atoms with Gasteiger partial charge in [-0.1, -0.05) is 44.7 Å². The lowest BCUT2D eigenvalue weighted by Crippen LogP contribution is -2.22. The lowest BCUT2D eigenvalue weighted by atomic mass is 10.1. The van der Waals surface area contributed by atoms with E-state index in [0.29, 0.717) is 6.04 Å². The van der Waals surface area contributed by atoms with Crippen molar-refractivity contribution in [2.45, 2.75) is 33.7 Å². The van der Waals surface area contributed by atoms with Crippen LogP contribution in [0.4, 0.5) is 0 Å². The Kier molecular flexibility index (Phi) is 12.6. The normalized spacial score (nSPS) is 13.5. The second kappa shape index (κ2) is 11.2. The molecule has 0 aromatic rings. The summed E-state index contributed by atoms with van der Waals surface area (Å²) in [6, 6.07) is 0.393. The summed E-state index contributed by atoms with van der Waals surface area (Å²) in [6.45, 7) is 11.8. The molecule has 0 aliphatic carbocycles. The zero-order valence-electron chi connectivity index (χ0n) is 9.59. The lowest BCUT2D eigenvalue weighted by molar-refractivity contribution is 0.705. The number of rotatable bonds is 4. The van der Waals surface area contributed by atoms with Crippen molar-refractivity contribution in [1.29, 1.82) is 0 Å². The van der Waals surface area contributed by atoms with Crippen LogP contribution in [0.25, 0.3) is 0 Å². The van der Waals surface area contributed by atoms with E-state index < -0.39 is 0 Å². The van der Waals surface area contributed by atoms with Crippen molar-refractivity contribution in [2.75, 3.05) is 7.05 Å². The van der Waals surface area contributed by atoms with E-state index in [0.717, 1.165) is 0 Å². The highest BCUT2D eigenvalue weighted by molar-refractivity contribution is 5.27. The third-order valence-electron chi connectivity index (χ3n) is 1.60. The molecule has 13 heavy (non-hydrogen) atoms. The molecule has 1 atom stereocenters. The lowest BCUT2D eigenvalue weighted by Gasteiger charge is -2.10. The van der Waals surface area contributed by atoms with Gasteiger partial charge in [0, 0.05) is 6.04 Å². The van der Waals surface area contributed by atoms with Gasteiger partial charge in [0.25, 0.3) is 0 Å². The van der Waals surface area contributed by atoms with Gasteiger partial charge in [-0.25, -0.2) is 0 Å². The quantitative estimate of drug-likeness (QED) is 0.656. The Hall–Kier alpha value is -0.820. The molecular weight excluding hydrogens is 158 g/mol. The fourth-order valence-corrected chi connectivity index (χ4v) is 0.839. The summed E-state index contributed by atoms with van der Waals surface area (Å²) >= 11 is 0. The fraction of sp³-hybridized carbons (Fsp3) is 0.500. The summed E-state index contributed by atoms with van der Waals surface area (Å²) < 4.78 is 0. The maximum absolute atomic E-state index is 3.66. The zero-order chi connectivity index (χ0) is 10.7. The van der Waals surface area contributed by atoms with Crippen LogP contribution in [0.2, 0.25) is 0 Å². The molecule has 0 aliphatic rings. The van der Waals surface area contributed by atoms with Crippen molar-refractivity contribution in [3.05, 3.63) is 36.5 Å². The summed E-state index contributed by atoms with van der Waals surface area (Å²) in [4.78, 5) is 0. The van der Waals surface area contributed by atoms with Gasteiger partial charge in [-0.15, -0.1) is 0 Å². The van der Waals surface area contributed by atoms with E-state index in [1.165, 1.54) is 5.57 Å². The van der Waals surface area contributed by atoms with E-state index in [-0.39, 0.29) is 0 Å². The van der Waals surface area contributed by atoms with Crippen LogP contribution in [-0.2, 0) is 0 Å². The number of allylic oxidation sites excluding steroid dienone is 3. The Labute approximate surface area is 83.2 Å². The predicted molar refractivity (Wildman–Crippen MR) is 63.0 cm³/mol. The third-order valence-corrected chi connectivity index (χ3v) is 1.60. The van der Waals surface area contributed by atoms with Crippen molar-refractivity contribution < 1.29 is 0 Å². The average molecular weight is 181 g/mol. The molecule has 0 spiro atoms. The monoisotopic (exact) mass is 181 g/mol. The molecule has 0 heterocycles. The number of hydrogen-bond acceptors (Lipinski definition) is 1. The van der Waals surface area contributed by atoms with Crippen molar-refractivity contribution in [3.8, 4) is 0 Å². The second-order valence-electron chi connectivity index (χ2n) is 2.41. The molecule has 1 unspecified atom stereocenters. The first kappa shape index (κ1) is 14.7. The van der Waals surface area contributed by atoms with Crippen LogP contribution in [0.1, 0.15) is 27.7 Å². The minimum absolute atomic E-state index is 0.393. The maximum Gasteiger partial charge on any atom is 0.0288 e. The van der Waals surface area contributed by atoms with Gasteiger partial charge in [-0.3, -0.25) is 0 Å². The fourth-order valence-electron chi connectivity index (χ4n) is 0.839. The van der Waals surface area contributed by atoms with Gasteiger partial charge >= 0.3 is 0 Å². The van der Waals surface area contributed by atoms with Crippen LogP contribution in [0, 0.1) is 0 Å². The topological polar surface area (TPSA) is 12.0 Å². The largest absolute Gasteiger partial charge is 0.313 e. The minimum atomic E-state index is 0.393. The van der Waals surface area contributed by atoms with Gasteiger partial charge in [0.05, 0.1) is 0 Å². The van der Waals surface area contributed by atoms with E-state index in [2.05, 4.69) is 24.9 Å². The molecule has 0 aromatic heterocycles. The summed E-state index contributed by atoms with van der Waals surface area (Å²) in [5, 5.41) is 3.17. The average Bonchev–Trinajstić information content (AvgIpc) is 2.19. The van der Waals surface area contributed by atoms with Crippen molar-refractivity contribution in [3.63, 3.8) is 0 Å². The minimum Gasteiger partial charge on any atom is -0.313 e. The first-order valence-electron chi connectivity index (χ1n) is 4.88. The van der Waals surface area contributed by atoms with E-state index in [9.17, 15) is 0 Å². The highest BCUT2D eigenvalue weighted by Gasteiger charge is 1.99. The first-order valence-corrected chi connectivity index (χ1v) is 4.88. The van der Waals surface area contributed by atoms with Gasteiger partial charge in [0.1, 0.15) is 0 Å². The number of likely N-dealkylation sites (N-methyl/N-ethyl adjacent to an activating group) is 1. The SMILES string of the molecule is C=C/C=C(\C=C/C)C(C)NC.CC. The van der Waals surface area contributed by atoms with Crippen LogP contribution in [0.15, 0.2) is 36.5 Å². The highest BCUT2D eigenvalue weighted by Crippen LogP contribution is 2.03. The third kappa shape index (κ3) is 7.54. The summed E-state index contributed by atoms with van der Waals surface area (Å²) in [6.07, 6.45) is 7.94. The molecule has 0 bridgehead atoms. The van der Waals surface area contributed by atoms with Gasteiger partial charge in [-0.2, -0.15) is 0 Å². The molecule has 0 aliphatic heterocycles. The van der Waals surface area contributed by atoms with Crippen LogP contribution >= 0.6 is 0 Å². The predicted octanol–water partition coefficient (Wildman–Crippen LogP) is 3.31. The van der Waals surface area contributed by atoms with Crippen molar-refractivity contribution in [2.24, 2.45) is 0 Å². The molecule has 0 fully saturated rings. The van der Waals surface area contributed by atoms with Crippen molar-refractivity contribution in [1.82, 2.24) is 5.32 Å². The van der Waals surface area contributed by atoms with Gasteiger partial charge in [-0.05, 0) is 26.5 Å². The van der Waals surface area contributed by atoms with Gasteiger partial charge < -0.3 is 5.32 Å². The molecule has 1 nitrogen and oxygen atoms in total. The van der Waals surface area contributed by atoms with E-state index in [4.69, 9.17) is 0 Å². The zero-order valence-corrected chi connectivity index (χ0v) is 9.59. The molecule has 0 amide bonds. The molecule has 0 saturated carbocycles. The van der Waals surface area contributed by atoms with E-state index in [1.54, 1.807) is 0 Å². The van der Waals surface area contributed by atoms with Gasteiger partial charge in [0.15, 0.2) is 0 Å². The Bertz CT molecular complexity index is 166. The first-order chi connectivity index (χ1) is 6.26. The van der Waals surface area contributed by atoms with E-state index in [1.807, 2.05) is 46.0 Å². The molecule has 76 valence electrons. The Morgan fingerprint density at radius 2 is 1.92 bits per heavy atom. The standard InChI is InChI=1S/C10H17N.C2H6/c1-5-7-10(8-6-2)9(3)11-4;1-2/h5-9,11H,1H2,2-4H3;1-2H3/b8-6-,10-7+;. The van der Waals surface area contributed by atoms with Crippen LogP contribution < -0.4 is 5.32 Å². The van der Waals surface area contributed by atoms with Crippen molar-refractivity contribution >= 4 is 0 Å². The molecule has 1 N–H and O–H groups in total. The molecule has 1 heteroatoms.